The number of fused-ring (bicyclic) bond motifs is 1. The Labute approximate surface area is 208 Å². The number of allylic oxidation sites excluding steroid dienone is 2. The van der Waals surface area contributed by atoms with Gasteiger partial charge >= 0.3 is 0 Å². The molecule has 0 saturated carbocycles. The summed E-state index contributed by atoms with van der Waals surface area (Å²) in [6.07, 6.45) is 13.6. The zero-order valence-corrected chi connectivity index (χ0v) is 20.7. The normalized spacial score (nSPS) is 20.3. The maximum atomic E-state index is 8.77. The first kappa shape index (κ1) is 23.4. The Hall–Kier alpha value is -3.38. The number of piperidine rings is 1. The van der Waals surface area contributed by atoms with Gasteiger partial charge in [0.1, 0.15) is 0 Å². The molecule has 6 heteroatoms. The molecule has 2 aliphatic heterocycles. The molecular weight excluding hydrogens is 432 g/mol. The van der Waals surface area contributed by atoms with Gasteiger partial charge in [-0.2, -0.15) is 0 Å². The van der Waals surface area contributed by atoms with E-state index in [1.807, 2.05) is 25.1 Å². The fourth-order valence-corrected chi connectivity index (χ4v) is 5.49. The molecule has 1 aliphatic carbocycles. The highest BCUT2D eigenvalue weighted by Gasteiger charge is 2.26. The summed E-state index contributed by atoms with van der Waals surface area (Å²) in [4.78, 5) is 9.23. The van der Waals surface area contributed by atoms with Crippen molar-refractivity contribution in [2.75, 3.05) is 37.2 Å². The lowest BCUT2D eigenvalue weighted by Crippen LogP contribution is -2.42. The minimum atomic E-state index is 0.431. The molecule has 1 unspecified atom stereocenters. The number of likely N-dealkylation sites (tertiary alicyclic amines) is 1. The second kappa shape index (κ2) is 10.1. The van der Waals surface area contributed by atoms with Crippen LogP contribution in [0.2, 0.25) is 0 Å². The number of hydrogen-bond acceptors (Lipinski definition) is 6. The van der Waals surface area contributed by atoms with E-state index in [2.05, 4.69) is 51.0 Å². The van der Waals surface area contributed by atoms with Gasteiger partial charge in [0.25, 0.3) is 0 Å². The molecule has 1 aromatic heterocycles. The van der Waals surface area contributed by atoms with Crippen molar-refractivity contribution in [2.24, 2.45) is 5.92 Å². The molecule has 0 radical (unpaired) electrons. The van der Waals surface area contributed by atoms with Gasteiger partial charge < -0.3 is 16.0 Å². The number of nitrogens with one attached hydrogen (secondary N) is 2. The highest BCUT2D eigenvalue weighted by molar-refractivity contribution is 6.14. The van der Waals surface area contributed by atoms with Gasteiger partial charge in [-0.05, 0) is 80.5 Å². The van der Waals surface area contributed by atoms with Gasteiger partial charge in [-0.25, -0.2) is 0 Å². The fraction of sp³-hybridized carbons (Fsp3) is 0.379. The van der Waals surface area contributed by atoms with E-state index in [4.69, 9.17) is 11.1 Å². The van der Waals surface area contributed by atoms with E-state index in [0.717, 1.165) is 60.1 Å². The molecule has 5 rings (SSSR count). The maximum absolute atomic E-state index is 8.77. The van der Waals surface area contributed by atoms with E-state index >= 15 is 0 Å². The zero-order chi connectivity index (χ0) is 24.4. The zero-order valence-electron chi connectivity index (χ0n) is 20.7. The fourth-order valence-electron chi connectivity index (χ4n) is 5.49. The Bertz CT molecular complexity index is 1190. The molecule has 182 valence electrons. The predicted molar refractivity (Wildman–Crippen MR) is 145 cm³/mol. The molecule has 1 fully saturated rings. The van der Waals surface area contributed by atoms with Crippen LogP contribution >= 0.6 is 0 Å². The van der Waals surface area contributed by atoms with Crippen LogP contribution < -0.4 is 11.1 Å². The number of nitrogen functional groups attached to an aromatic ring is 1. The molecule has 0 spiro atoms. The number of anilines is 2. The molecule has 1 saturated heterocycles. The van der Waals surface area contributed by atoms with Crippen molar-refractivity contribution in [1.82, 2.24) is 14.8 Å². The number of nitrogens with zero attached hydrogens (tertiary/aromatic N) is 3. The summed E-state index contributed by atoms with van der Waals surface area (Å²) in [6.45, 7) is 11.4. The molecule has 1 atom stereocenters. The first-order valence-corrected chi connectivity index (χ1v) is 12.7. The summed E-state index contributed by atoms with van der Waals surface area (Å²) in [7, 11) is 0. The third-order valence-electron chi connectivity index (χ3n) is 7.31. The SMILES string of the molecule is C=C1Nc2cc(N)c(C(=N)c3ccnc(C)c3)cc2CN1CC1CCCN(CC2=CCCC=C2)C1. The number of rotatable bonds is 6. The van der Waals surface area contributed by atoms with Crippen molar-refractivity contribution in [1.29, 1.82) is 5.41 Å². The standard InChI is InChI=1S/C29H36N6/c1-20-13-24(10-11-32-20)29(31)26-14-25-19-35(21(2)33-28(25)15-27(26)30)18-23-9-6-12-34(17-23)16-22-7-4-3-5-8-22/h4,7-8,10-11,13-15,23,31,33H,2-3,5-6,9,12,16-19,30H2,1H3. The third kappa shape index (κ3) is 5.33. The lowest BCUT2D eigenvalue weighted by atomic mass is 9.94. The summed E-state index contributed by atoms with van der Waals surface area (Å²) in [6, 6.07) is 7.82. The van der Waals surface area contributed by atoms with Gasteiger partial charge in [0.2, 0.25) is 0 Å². The molecule has 35 heavy (non-hydrogen) atoms. The number of aromatic nitrogens is 1. The smallest absolute Gasteiger partial charge is 0.0986 e. The molecule has 3 heterocycles. The van der Waals surface area contributed by atoms with Crippen molar-refractivity contribution in [2.45, 2.75) is 39.2 Å². The number of pyridine rings is 1. The van der Waals surface area contributed by atoms with Gasteiger partial charge in [0.15, 0.2) is 0 Å². The van der Waals surface area contributed by atoms with Crippen LogP contribution in [0.5, 0.6) is 0 Å². The molecule has 0 amide bonds. The summed E-state index contributed by atoms with van der Waals surface area (Å²) >= 11 is 0. The molecule has 4 N–H and O–H groups in total. The van der Waals surface area contributed by atoms with Crippen molar-refractivity contribution >= 4 is 17.1 Å². The van der Waals surface area contributed by atoms with Crippen molar-refractivity contribution in [3.05, 3.63) is 89.0 Å². The van der Waals surface area contributed by atoms with E-state index in [-0.39, 0.29) is 0 Å². The van der Waals surface area contributed by atoms with Crippen molar-refractivity contribution in [3.8, 4) is 0 Å². The van der Waals surface area contributed by atoms with Crippen LogP contribution in [0.4, 0.5) is 11.4 Å². The largest absolute Gasteiger partial charge is 0.398 e. The first-order valence-electron chi connectivity index (χ1n) is 12.7. The average Bonchev–Trinajstić information content (AvgIpc) is 2.85. The first-order chi connectivity index (χ1) is 17.0. The van der Waals surface area contributed by atoms with Gasteiger partial charge in [-0.15, -0.1) is 0 Å². The Balaban J connectivity index is 1.28. The Morgan fingerprint density at radius 3 is 2.97 bits per heavy atom. The van der Waals surface area contributed by atoms with Crippen molar-refractivity contribution in [3.63, 3.8) is 0 Å². The minimum absolute atomic E-state index is 0.431. The molecule has 3 aliphatic rings. The number of benzene rings is 1. The topological polar surface area (TPSA) is 81.3 Å². The van der Waals surface area contributed by atoms with Crippen molar-refractivity contribution < 1.29 is 0 Å². The molecule has 2 aromatic rings. The Kier molecular flexibility index (Phi) is 6.73. The molecular formula is C29H36N6. The van der Waals surface area contributed by atoms with E-state index in [9.17, 15) is 0 Å². The van der Waals surface area contributed by atoms with Crippen LogP contribution in [0, 0.1) is 18.3 Å². The predicted octanol–water partition coefficient (Wildman–Crippen LogP) is 5.08. The summed E-state index contributed by atoms with van der Waals surface area (Å²) in [5.74, 6) is 1.54. The highest BCUT2D eigenvalue weighted by atomic mass is 15.3. The van der Waals surface area contributed by atoms with E-state index in [0.29, 0.717) is 17.3 Å². The lowest BCUT2D eigenvalue weighted by molar-refractivity contribution is 0.152. The van der Waals surface area contributed by atoms with Crippen LogP contribution in [0.1, 0.15) is 48.1 Å². The summed E-state index contributed by atoms with van der Waals surface area (Å²) in [5, 5.41) is 12.2. The average molecular weight is 469 g/mol. The van der Waals surface area contributed by atoms with Gasteiger partial charge in [-0.1, -0.05) is 24.8 Å². The second-order valence-electron chi connectivity index (χ2n) is 10.1. The molecule has 1 aromatic carbocycles. The van der Waals surface area contributed by atoms with Crippen LogP contribution in [-0.4, -0.2) is 46.7 Å². The monoisotopic (exact) mass is 468 g/mol. The quantitative estimate of drug-likeness (QED) is 0.407. The van der Waals surface area contributed by atoms with Gasteiger partial charge in [0, 0.05) is 60.6 Å². The second-order valence-corrected chi connectivity index (χ2v) is 10.1. The number of hydrogen-bond donors (Lipinski definition) is 3. The van der Waals surface area contributed by atoms with Crippen LogP contribution in [0.3, 0.4) is 0 Å². The maximum Gasteiger partial charge on any atom is 0.0986 e. The Morgan fingerprint density at radius 1 is 1.29 bits per heavy atom. The van der Waals surface area contributed by atoms with Crippen LogP contribution in [0.25, 0.3) is 0 Å². The van der Waals surface area contributed by atoms with Gasteiger partial charge in [0.05, 0.1) is 11.5 Å². The lowest BCUT2D eigenvalue weighted by Gasteiger charge is -2.39. The van der Waals surface area contributed by atoms with Crippen LogP contribution in [-0.2, 0) is 6.54 Å². The number of nitrogens with two attached hydrogens (primary N) is 1. The summed E-state index contributed by atoms with van der Waals surface area (Å²) in [5.41, 5.74) is 13.5. The third-order valence-corrected chi connectivity index (χ3v) is 7.31. The summed E-state index contributed by atoms with van der Waals surface area (Å²) < 4.78 is 0. The Morgan fingerprint density at radius 2 is 2.17 bits per heavy atom. The van der Waals surface area contributed by atoms with E-state index in [1.165, 1.54) is 37.8 Å². The molecule has 0 bridgehead atoms. The van der Waals surface area contributed by atoms with Gasteiger partial charge in [-0.3, -0.25) is 15.3 Å². The minimum Gasteiger partial charge on any atom is -0.398 e. The number of aryl methyl sites for hydroxylation is 1. The molecule has 6 nitrogen and oxygen atoms in total. The highest BCUT2D eigenvalue weighted by Crippen LogP contribution is 2.33. The van der Waals surface area contributed by atoms with E-state index in [1.54, 1.807) is 6.20 Å². The van der Waals surface area contributed by atoms with Crippen LogP contribution in [0.15, 0.2) is 66.7 Å². The van der Waals surface area contributed by atoms with E-state index < -0.39 is 0 Å².